The maximum atomic E-state index is 11.1. The van der Waals surface area contributed by atoms with Crippen LogP contribution >= 0.6 is 0 Å². The molecule has 2 rings (SSSR count). The summed E-state index contributed by atoms with van der Waals surface area (Å²) in [7, 11) is 0. The summed E-state index contributed by atoms with van der Waals surface area (Å²) in [6.45, 7) is 0. The molecule has 1 aliphatic heterocycles. The second-order valence-corrected chi connectivity index (χ2v) is 2.99. The van der Waals surface area contributed by atoms with Gasteiger partial charge in [0, 0.05) is 12.3 Å². The molecule has 0 radical (unpaired) electrons. The van der Waals surface area contributed by atoms with E-state index in [1.54, 1.807) is 12.3 Å². The molecule has 0 bridgehead atoms. The van der Waals surface area contributed by atoms with Crippen molar-refractivity contribution in [1.29, 1.82) is 0 Å². The molecule has 0 atom stereocenters. The molecule has 0 fully saturated rings. The third kappa shape index (κ3) is 2.14. The predicted molar refractivity (Wildman–Crippen MR) is 58.7 cm³/mol. The Morgan fingerprint density at radius 3 is 2.93 bits per heavy atom. The van der Waals surface area contributed by atoms with Gasteiger partial charge in [0.15, 0.2) is 0 Å². The van der Waals surface area contributed by atoms with Crippen LogP contribution in [0.15, 0.2) is 41.4 Å². The maximum Gasteiger partial charge on any atom is 0.347 e. The molecule has 0 saturated carbocycles. The third-order valence-electron chi connectivity index (χ3n) is 1.87. The molecule has 0 saturated heterocycles. The first-order valence-corrected chi connectivity index (χ1v) is 4.43. The van der Waals surface area contributed by atoms with E-state index in [1.165, 1.54) is 0 Å². The van der Waals surface area contributed by atoms with E-state index in [9.17, 15) is 4.79 Å². The topological polar surface area (TPSA) is 83.8 Å². The number of nitrogen functional groups attached to an aromatic ring is 1. The largest absolute Gasteiger partial charge is 0.383 e. The molecule has 0 amide bonds. The van der Waals surface area contributed by atoms with Gasteiger partial charge in [-0.1, -0.05) is 12.2 Å². The number of H-pyrrole nitrogens is 1. The summed E-state index contributed by atoms with van der Waals surface area (Å²) in [6, 6.07) is 1.60. The number of allylic oxidation sites excluding steroid dienone is 4. The van der Waals surface area contributed by atoms with Gasteiger partial charge in [0.05, 0.1) is 11.4 Å². The summed E-state index contributed by atoms with van der Waals surface area (Å²) < 4.78 is 0. The lowest BCUT2D eigenvalue weighted by Crippen LogP contribution is -2.17. The van der Waals surface area contributed by atoms with E-state index in [0.717, 1.165) is 5.70 Å². The zero-order chi connectivity index (χ0) is 10.7. The highest BCUT2D eigenvalue weighted by Gasteiger charge is 2.03. The minimum absolute atomic E-state index is 0.202. The SMILES string of the molecule is Nc1cc(C2=CC=CC=CN2)[nH]c(=O)n1. The van der Waals surface area contributed by atoms with E-state index in [1.807, 2.05) is 24.3 Å². The average molecular weight is 202 g/mol. The van der Waals surface area contributed by atoms with E-state index in [4.69, 9.17) is 5.73 Å². The molecule has 1 aromatic heterocycles. The van der Waals surface area contributed by atoms with E-state index < -0.39 is 5.69 Å². The molecular weight excluding hydrogens is 192 g/mol. The number of nitrogens with zero attached hydrogens (tertiary/aromatic N) is 1. The molecular formula is C10H10N4O. The van der Waals surface area contributed by atoms with Gasteiger partial charge in [0.25, 0.3) is 0 Å². The van der Waals surface area contributed by atoms with Crippen molar-refractivity contribution in [3.05, 3.63) is 52.7 Å². The average Bonchev–Trinajstić information content (AvgIpc) is 2.43. The molecule has 5 nitrogen and oxygen atoms in total. The summed E-state index contributed by atoms with van der Waals surface area (Å²) >= 11 is 0. The first-order valence-electron chi connectivity index (χ1n) is 4.43. The van der Waals surface area contributed by atoms with Gasteiger partial charge in [-0.3, -0.25) is 0 Å². The van der Waals surface area contributed by atoms with Crippen LogP contribution in [0, 0.1) is 0 Å². The van der Waals surface area contributed by atoms with Gasteiger partial charge < -0.3 is 16.0 Å². The zero-order valence-electron chi connectivity index (χ0n) is 7.90. The maximum absolute atomic E-state index is 11.1. The molecule has 15 heavy (non-hydrogen) atoms. The first-order chi connectivity index (χ1) is 7.25. The summed E-state index contributed by atoms with van der Waals surface area (Å²) in [5.41, 5.74) is 6.41. The van der Waals surface area contributed by atoms with Crippen molar-refractivity contribution in [3.8, 4) is 0 Å². The van der Waals surface area contributed by atoms with Crippen molar-refractivity contribution in [1.82, 2.24) is 15.3 Å². The van der Waals surface area contributed by atoms with Crippen LogP contribution in [0.3, 0.4) is 0 Å². The lowest BCUT2D eigenvalue weighted by Gasteiger charge is -2.05. The van der Waals surface area contributed by atoms with Crippen LogP contribution in [0.25, 0.3) is 5.70 Å². The van der Waals surface area contributed by atoms with Gasteiger partial charge in [-0.25, -0.2) is 4.79 Å². The molecule has 76 valence electrons. The van der Waals surface area contributed by atoms with Gasteiger partial charge in [-0.2, -0.15) is 4.98 Å². The normalized spacial score (nSPS) is 14.3. The molecule has 0 aliphatic carbocycles. The van der Waals surface area contributed by atoms with E-state index in [-0.39, 0.29) is 5.82 Å². The molecule has 2 heterocycles. The monoisotopic (exact) mass is 202 g/mol. The third-order valence-corrected chi connectivity index (χ3v) is 1.87. The Morgan fingerprint density at radius 2 is 2.13 bits per heavy atom. The fraction of sp³-hybridized carbons (Fsp3) is 0. The molecule has 0 spiro atoms. The van der Waals surface area contributed by atoms with Crippen molar-refractivity contribution in [3.63, 3.8) is 0 Å². The van der Waals surface area contributed by atoms with Crippen molar-refractivity contribution < 1.29 is 0 Å². The molecule has 0 aromatic carbocycles. The predicted octanol–water partition coefficient (Wildman–Crippen LogP) is 0.366. The minimum Gasteiger partial charge on any atom is -0.383 e. The second kappa shape index (κ2) is 3.83. The van der Waals surface area contributed by atoms with Crippen LogP contribution in [0.2, 0.25) is 0 Å². The Kier molecular flexibility index (Phi) is 2.37. The molecule has 0 unspecified atom stereocenters. The van der Waals surface area contributed by atoms with Gasteiger partial charge in [-0.05, 0) is 12.2 Å². The Balaban J connectivity index is 2.45. The lowest BCUT2D eigenvalue weighted by molar-refractivity contribution is 1.04. The van der Waals surface area contributed by atoms with Crippen LogP contribution in [-0.2, 0) is 0 Å². The highest BCUT2D eigenvalue weighted by Crippen LogP contribution is 2.10. The summed E-state index contributed by atoms with van der Waals surface area (Å²) in [6.07, 6.45) is 9.20. The Bertz CT molecular complexity index is 510. The molecule has 1 aromatic rings. The lowest BCUT2D eigenvalue weighted by atomic mass is 10.2. The number of nitrogens with one attached hydrogen (secondary N) is 2. The van der Waals surface area contributed by atoms with Gasteiger partial charge in [0.2, 0.25) is 0 Å². The Hall–Kier alpha value is -2.30. The van der Waals surface area contributed by atoms with E-state index in [0.29, 0.717) is 5.69 Å². The quantitative estimate of drug-likeness (QED) is 0.614. The Labute approximate surface area is 86.0 Å². The molecule has 5 heteroatoms. The van der Waals surface area contributed by atoms with Gasteiger partial charge in [-0.15, -0.1) is 0 Å². The van der Waals surface area contributed by atoms with Crippen molar-refractivity contribution in [2.75, 3.05) is 5.73 Å². The fourth-order valence-electron chi connectivity index (χ4n) is 1.25. The summed E-state index contributed by atoms with van der Waals surface area (Å²) in [5.74, 6) is 0.202. The van der Waals surface area contributed by atoms with Gasteiger partial charge in [0.1, 0.15) is 5.82 Å². The fourth-order valence-corrected chi connectivity index (χ4v) is 1.25. The highest BCUT2D eigenvalue weighted by atomic mass is 16.1. The number of hydrogen-bond acceptors (Lipinski definition) is 4. The van der Waals surface area contributed by atoms with Crippen LogP contribution < -0.4 is 16.7 Å². The zero-order valence-corrected chi connectivity index (χ0v) is 7.90. The number of nitrogens with two attached hydrogens (primary N) is 1. The van der Waals surface area contributed by atoms with Crippen LogP contribution in [0.1, 0.15) is 5.69 Å². The minimum atomic E-state index is -0.454. The van der Waals surface area contributed by atoms with E-state index >= 15 is 0 Å². The molecule has 4 N–H and O–H groups in total. The van der Waals surface area contributed by atoms with Gasteiger partial charge >= 0.3 is 5.69 Å². The molecule has 1 aliphatic rings. The summed E-state index contributed by atoms with van der Waals surface area (Å²) in [4.78, 5) is 17.2. The summed E-state index contributed by atoms with van der Waals surface area (Å²) in [5, 5.41) is 3.02. The Morgan fingerprint density at radius 1 is 1.27 bits per heavy atom. The van der Waals surface area contributed by atoms with Crippen LogP contribution in [-0.4, -0.2) is 9.97 Å². The number of aromatic amines is 1. The van der Waals surface area contributed by atoms with Crippen LogP contribution in [0.4, 0.5) is 5.82 Å². The highest BCUT2D eigenvalue weighted by molar-refractivity contribution is 5.65. The number of anilines is 1. The number of rotatable bonds is 1. The first kappa shape index (κ1) is 9.26. The standard InChI is InChI=1S/C10H10N4O/c11-9-6-8(13-10(15)14-9)7-4-2-1-3-5-12-7/h1-6,12H,(H3,11,13,14,15). The van der Waals surface area contributed by atoms with Crippen molar-refractivity contribution >= 4 is 11.5 Å². The van der Waals surface area contributed by atoms with E-state index in [2.05, 4.69) is 15.3 Å². The number of aromatic nitrogens is 2. The van der Waals surface area contributed by atoms with Crippen molar-refractivity contribution in [2.24, 2.45) is 0 Å². The number of hydrogen-bond donors (Lipinski definition) is 3. The second-order valence-electron chi connectivity index (χ2n) is 2.99. The smallest absolute Gasteiger partial charge is 0.347 e. The van der Waals surface area contributed by atoms with Crippen molar-refractivity contribution in [2.45, 2.75) is 0 Å². The van der Waals surface area contributed by atoms with Crippen LogP contribution in [0.5, 0.6) is 0 Å².